The average Bonchev–Trinajstić information content (AvgIpc) is 2.61. The maximum absolute atomic E-state index is 14.7. The van der Waals surface area contributed by atoms with E-state index in [1.54, 1.807) is 0 Å². The van der Waals surface area contributed by atoms with Gasteiger partial charge in [-0.25, -0.2) is 4.39 Å². The van der Waals surface area contributed by atoms with Gasteiger partial charge in [-0.3, -0.25) is 9.78 Å². The van der Waals surface area contributed by atoms with Crippen LogP contribution in [0, 0.1) is 4.77 Å². The van der Waals surface area contributed by atoms with Crippen molar-refractivity contribution < 1.29 is 29.6 Å². The Morgan fingerprint density at radius 3 is 2.48 bits per heavy atom. The van der Waals surface area contributed by atoms with Crippen LogP contribution >= 0.6 is 12.2 Å². The third-order valence-electron chi connectivity index (χ3n) is 3.52. The number of ether oxygens (including phenoxy) is 1. The molecule has 1 aromatic heterocycles. The smallest absolute Gasteiger partial charge is 0.257 e. The predicted octanol–water partition coefficient (Wildman–Crippen LogP) is -3.42. The van der Waals surface area contributed by atoms with Gasteiger partial charge in [0.05, 0.1) is 12.2 Å². The quantitative estimate of drug-likeness (QED) is 0.287. The number of nitrogens with one attached hydrogen (secondary N) is 1. The van der Waals surface area contributed by atoms with Gasteiger partial charge in [-0.15, -0.1) is 0 Å². The number of nitrogens with zero attached hydrogens (tertiary/aromatic N) is 1. The molecule has 23 heavy (non-hydrogen) atoms. The van der Waals surface area contributed by atoms with E-state index in [2.05, 4.69) is 4.98 Å². The minimum absolute atomic E-state index is 0.235. The molecule has 2 rings (SSSR count). The van der Waals surface area contributed by atoms with Crippen molar-refractivity contribution in [3.8, 4) is 0 Å². The van der Waals surface area contributed by atoms with Gasteiger partial charge in [0, 0.05) is 11.6 Å². The van der Waals surface area contributed by atoms with Crippen molar-refractivity contribution in [1.29, 1.82) is 0 Å². The first kappa shape index (κ1) is 18.4. The van der Waals surface area contributed by atoms with Crippen LogP contribution in [0.1, 0.15) is 5.56 Å². The van der Waals surface area contributed by atoms with Gasteiger partial charge in [0.1, 0.15) is 41.4 Å². The highest BCUT2D eigenvalue weighted by atomic mass is 32.1. The average molecular weight is 338 g/mol. The van der Waals surface area contributed by atoms with E-state index in [0.29, 0.717) is 4.57 Å². The van der Waals surface area contributed by atoms with E-state index >= 15 is 0 Å². The van der Waals surface area contributed by atoms with Gasteiger partial charge in [0.15, 0.2) is 4.77 Å². The summed E-state index contributed by atoms with van der Waals surface area (Å²) in [5.41, 5.74) is -3.56. The van der Waals surface area contributed by atoms with Gasteiger partial charge in [0.2, 0.25) is 0 Å². The fraction of sp³-hybridized carbons (Fsp3) is 0.600. The van der Waals surface area contributed by atoms with Crippen LogP contribution < -0.4 is 5.56 Å². The molecule has 1 fully saturated rings. The van der Waals surface area contributed by atoms with Crippen molar-refractivity contribution in [2.24, 2.45) is 0 Å². The topological polar surface area (TPSA) is 128 Å². The zero-order valence-corrected chi connectivity index (χ0v) is 12.3. The molecule has 1 aromatic rings. The normalized spacial score (nSPS) is 34.7. The van der Waals surface area contributed by atoms with Gasteiger partial charge in [-0.1, -0.05) is 0 Å². The molecule has 8 nitrogen and oxygen atoms in total. The van der Waals surface area contributed by atoms with E-state index < -0.39 is 46.0 Å². The molecule has 1 aliphatic rings. The Labute approximate surface area is 138 Å². The summed E-state index contributed by atoms with van der Waals surface area (Å²) in [7, 11) is 15.8. The summed E-state index contributed by atoms with van der Waals surface area (Å²) in [5, 5.41) is 35.2. The second kappa shape index (κ2) is 5.54. The minimum atomic E-state index is -3.55. The van der Waals surface area contributed by atoms with Crippen molar-refractivity contribution in [2.75, 3.05) is 0 Å². The minimum Gasteiger partial charge on any atom is -0.403 e. The number of H-pyrrole nitrogens is 1. The molecule has 6 radical (unpaired) electrons. The van der Waals surface area contributed by atoms with Crippen LogP contribution in [0.4, 0.5) is 4.39 Å². The summed E-state index contributed by atoms with van der Waals surface area (Å²) in [6, 6.07) is 0. The first-order chi connectivity index (χ1) is 10.4. The van der Waals surface area contributed by atoms with E-state index in [-0.39, 0.29) is 5.56 Å². The fourth-order valence-electron chi connectivity index (χ4n) is 2.18. The summed E-state index contributed by atoms with van der Waals surface area (Å²) < 4.78 is 19.7. The highest BCUT2D eigenvalue weighted by Gasteiger charge is 2.66. The van der Waals surface area contributed by atoms with E-state index in [9.17, 15) is 24.5 Å². The Bertz CT molecular complexity index is 739. The maximum Gasteiger partial charge on any atom is 0.257 e. The molecule has 4 atom stereocenters. The Kier molecular flexibility index (Phi) is 4.42. The van der Waals surface area contributed by atoms with Crippen molar-refractivity contribution in [3.05, 3.63) is 26.9 Å². The van der Waals surface area contributed by atoms with Gasteiger partial charge in [0.25, 0.3) is 11.4 Å². The van der Waals surface area contributed by atoms with Crippen molar-refractivity contribution >= 4 is 35.8 Å². The third kappa shape index (κ3) is 2.61. The van der Waals surface area contributed by atoms with Crippen molar-refractivity contribution in [3.63, 3.8) is 0 Å². The predicted molar refractivity (Wildman–Crippen MR) is 78.9 cm³/mol. The molecule has 0 unspecified atom stereocenters. The molecule has 118 valence electrons. The lowest BCUT2D eigenvalue weighted by atomic mass is 9.59. The number of aliphatic hydroxyl groups excluding tert-OH is 3. The SMILES string of the molecule is [B]C([B])(O)[C@@]1(F)O[C@@]([B])(n2cc(CO)c(=O)[nH]c2=S)[C@H](O)[C@@H]1O. The molecule has 2 heterocycles. The zero-order chi connectivity index (χ0) is 17.8. The summed E-state index contributed by atoms with van der Waals surface area (Å²) in [4.78, 5) is 13.7. The van der Waals surface area contributed by atoms with Crippen LogP contribution in [-0.4, -0.2) is 77.0 Å². The highest BCUT2D eigenvalue weighted by Crippen LogP contribution is 2.44. The molecular weight excluding hydrogens is 328 g/mol. The summed E-state index contributed by atoms with van der Waals surface area (Å²) in [6.07, 6.45) is -3.73. The van der Waals surface area contributed by atoms with Crippen LogP contribution in [0.2, 0.25) is 0 Å². The summed E-state index contributed by atoms with van der Waals surface area (Å²) in [6.45, 7) is -0.724. The van der Waals surface area contributed by atoms with Gasteiger partial charge >= 0.3 is 0 Å². The van der Waals surface area contributed by atoms with Crippen LogP contribution in [0.5, 0.6) is 0 Å². The molecule has 0 aliphatic carbocycles. The number of alkyl halides is 1. The highest BCUT2D eigenvalue weighted by molar-refractivity contribution is 7.71. The lowest BCUT2D eigenvalue weighted by molar-refractivity contribution is -0.243. The molecular formula is C10H10B3FN2O6S. The number of rotatable bonds is 3. The van der Waals surface area contributed by atoms with Crippen LogP contribution in [0.3, 0.4) is 0 Å². The van der Waals surface area contributed by atoms with E-state index in [4.69, 9.17) is 45.6 Å². The molecule has 0 bridgehead atoms. The lowest BCUT2D eigenvalue weighted by Gasteiger charge is -2.37. The Hall–Kier alpha value is -0.975. The second-order valence-electron chi connectivity index (χ2n) is 5.16. The fourth-order valence-corrected chi connectivity index (χ4v) is 2.47. The molecule has 0 spiro atoms. The molecule has 0 aromatic carbocycles. The van der Waals surface area contributed by atoms with Crippen LogP contribution in [0.25, 0.3) is 0 Å². The van der Waals surface area contributed by atoms with E-state index in [0.717, 1.165) is 6.20 Å². The molecule has 13 heteroatoms. The summed E-state index contributed by atoms with van der Waals surface area (Å²) in [5.74, 6) is -3.55. The molecule has 0 saturated carbocycles. The van der Waals surface area contributed by atoms with Gasteiger partial charge < -0.3 is 29.7 Å². The number of hydrogen-bond donors (Lipinski definition) is 5. The van der Waals surface area contributed by atoms with Crippen molar-refractivity contribution in [2.45, 2.75) is 35.7 Å². The second-order valence-corrected chi connectivity index (χ2v) is 5.54. The third-order valence-corrected chi connectivity index (χ3v) is 3.82. The first-order valence-corrected chi connectivity index (χ1v) is 6.59. The zero-order valence-electron chi connectivity index (χ0n) is 11.5. The molecule has 1 aliphatic heterocycles. The number of hydrogen-bond acceptors (Lipinski definition) is 7. The Balaban J connectivity index is 2.64. The number of aromatic nitrogens is 2. The molecule has 1 saturated heterocycles. The number of aliphatic hydroxyl groups is 4. The monoisotopic (exact) mass is 338 g/mol. The summed E-state index contributed by atoms with van der Waals surface area (Å²) >= 11 is 4.84. The lowest BCUT2D eigenvalue weighted by Crippen LogP contribution is -2.59. The van der Waals surface area contributed by atoms with Crippen LogP contribution in [0.15, 0.2) is 11.0 Å². The van der Waals surface area contributed by atoms with Crippen LogP contribution in [-0.2, 0) is 17.0 Å². The number of halogens is 1. The Morgan fingerprint density at radius 2 is 2.04 bits per heavy atom. The molecule has 0 amide bonds. The first-order valence-electron chi connectivity index (χ1n) is 6.19. The van der Waals surface area contributed by atoms with E-state index in [1.807, 2.05) is 0 Å². The number of aromatic amines is 1. The van der Waals surface area contributed by atoms with E-state index in [1.165, 1.54) is 0 Å². The Morgan fingerprint density at radius 1 is 1.48 bits per heavy atom. The van der Waals surface area contributed by atoms with Gasteiger partial charge in [-0.05, 0) is 12.2 Å². The standard InChI is InChI=1S/C10H10B3FN2O6S/c11-9(16-1-3(2-17)6(20)15-7(16)23)5(19)4(18)8(14,22-9)10(12,13)21/h1,4-5,17-19,21H,2H2,(H,15,20,23)/t4-,5+,8-,9-/m0/s1. The molecule has 5 N–H and O–H groups in total. The van der Waals surface area contributed by atoms with Gasteiger partial charge in [-0.2, -0.15) is 0 Å². The van der Waals surface area contributed by atoms with Crippen molar-refractivity contribution in [1.82, 2.24) is 9.55 Å². The maximum atomic E-state index is 14.7. The largest absolute Gasteiger partial charge is 0.403 e.